The number of rotatable bonds is 1. The molecule has 0 spiro atoms. The quantitative estimate of drug-likeness (QED) is 0.744. The molecule has 3 heteroatoms. The Kier molecular flexibility index (Phi) is 2.35. The van der Waals surface area contributed by atoms with Crippen molar-refractivity contribution in [3.63, 3.8) is 0 Å². The van der Waals surface area contributed by atoms with Crippen molar-refractivity contribution in [3.8, 4) is 0 Å². The largest absolute Gasteiger partial charge is 0.372 e. The molecule has 0 saturated carbocycles. The first-order valence-electron chi connectivity index (χ1n) is 4.22. The molecular formula is C9H12BrNO. The second-order valence-corrected chi connectivity index (χ2v) is 4.05. The Hall–Kier alpha value is -0.120. The summed E-state index contributed by atoms with van der Waals surface area (Å²) in [6, 6.07) is 0. The van der Waals surface area contributed by atoms with E-state index < -0.39 is 0 Å². The lowest BCUT2D eigenvalue weighted by Gasteiger charge is -2.25. The summed E-state index contributed by atoms with van der Waals surface area (Å²) in [6.45, 7) is 1.40. The zero-order valence-corrected chi connectivity index (χ0v) is 8.43. The van der Waals surface area contributed by atoms with Crippen molar-refractivity contribution in [1.82, 2.24) is 0 Å². The van der Waals surface area contributed by atoms with Crippen molar-refractivity contribution < 1.29 is 4.74 Å². The second-order valence-electron chi connectivity index (χ2n) is 3.09. The minimum Gasteiger partial charge on any atom is -0.372 e. The van der Waals surface area contributed by atoms with Gasteiger partial charge in [0.05, 0.1) is 12.7 Å². The highest BCUT2D eigenvalue weighted by molar-refractivity contribution is 9.11. The lowest BCUT2D eigenvalue weighted by Crippen LogP contribution is -2.30. The second kappa shape index (κ2) is 3.32. The zero-order chi connectivity index (χ0) is 8.55. The molecule has 0 amide bonds. The Morgan fingerprint density at radius 3 is 3.25 bits per heavy atom. The van der Waals surface area contributed by atoms with Gasteiger partial charge in [-0.25, -0.2) is 0 Å². The molecule has 1 saturated heterocycles. The Bertz CT molecular complexity index is 257. The number of fused-ring (bicyclic) bond motifs is 1. The van der Waals surface area contributed by atoms with Gasteiger partial charge in [-0.2, -0.15) is 0 Å². The predicted octanol–water partition coefficient (Wildman–Crippen LogP) is 1.71. The number of allylic oxidation sites excluding steroid dienone is 2. The van der Waals surface area contributed by atoms with Crippen LogP contribution in [0.15, 0.2) is 21.7 Å². The van der Waals surface area contributed by atoms with E-state index in [0.717, 1.165) is 19.4 Å². The summed E-state index contributed by atoms with van der Waals surface area (Å²) in [5.74, 6) is 0. The van der Waals surface area contributed by atoms with Gasteiger partial charge in [0, 0.05) is 11.0 Å². The van der Waals surface area contributed by atoms with Crippen LogP contribution in [-0.4, -0.2) is 19.3 Å². The van der Waals surface area contributed by atoms with E-state index in [1.807, 2.05) is 0 Å². The standard InChI is InChI=1S/C9H12BrNO/c10-8-2-1-7-6(8)3-4-12-9(7)5-11/h1,9H,2-5,11H2. The van der Waals surface area contributed by atoms with E-state index in [1.165, 1.54) is 15.6 Å². The zero-order valence-electron chi connectivity index (χ0n) is 6.85. The van der Waals surface area contributed by atoms with Gasteiger partial charge in [0.25, 0.3) is 0 Å². The SMILES string of the molecule is NCC1OCCC2=C(Br)CC=C21. The maximum Gasteiger partial charge on any atom is 0.0947 e. The Morgan fingerprint density at radius 1 is 1.67 bits per heavy atom. The molecule has 1 aliphatic heterocycles. The summed E-state index contributed by atoms with van der Waals surface area (Å²) in [7, 11) is 0. The molecule has 0 bridgehead atoms. The number of hydrogen-bond donors (Lipinski definition) is 1. The molecule has 0 aromatic carbocycles. The van der Waals surface area contributed by atoms with Crippen molar-refractivity contribution >= 4 is 15.9 Å². The highest BCUT2D eigenvalue weighted by Crippen LogP contribution is 2.37. The van der Waals surface area contributed by atoms with E-state index in [0.29, 0.717) is 6.54 Å². The summed E-state index contributed by atoms with van der Waals surface area (Å²) in [4.78, 5) is 0. The Balaban J connectivity index is 2.26. The molecule has 2 N–H and O–H groups in total. The molecule has 2 nitrogen and oxygen atoms in total. The van der Waals surface area contributed by atoms with Crippen LogP contribution in [0.3, 0.4) is 0 Å². The first-order valence-corrected chi connectivity index (χ1v) is 5.02. The topological polar surface area (TPSA) is 35.2 Å². The van der Waals surface area contributed by atoms with Gasteiger partial charge < -0.3 is 10.5 Å². The van der Waals surface area contributed by atoms with Crippen LogP contribution >= 0.6 is 15.9 Å². The minimum absolute atomic E-state index is 0.142. The predicted molar refractivity (Wildman–Crippen MR) is 52.1 cm³/mol. The third-order valence-electron chi connectivity index (χ3n) is 2.41. The third-order valence-corrected chi connectivity index (χ3v) is 3.21. The van der Waals surface area contributed by atoms with Gasteiger partial charge in [0.15, 0.2) is 0 Å². The van der Waals surface area contributed by atoms with Crippen molar-refractivity contribution in [2.24, 2.45) is 5.73 Å². The van der Waals surface area contributed by atoms with Crippen LogP contribution in [0.25, 0.3) is 0 Å². The van der Waals surface area contributed by atoms with E-state index >= 15 is 0 Å². The maximum absolute atomic E-state index is 5.60. The van der Waals surface area contributed by atoms with Crippen molar-refractivity contribution in [1.29, 1.82) is 0 Å². The number of ether oxygens (including phenoxy) is 1. The molecule has 0 aromatic rings. The van der Waals surface area contributed by atoms with Crippen LogP contribution in [-0.2, 0) is 4.74 Å². The van der Waals surface area contributed by atoms with Gasteiger partial charge in [0.1, 0.15) is 0 Å². The molecule has 1 aliphatic carbocycles. The highest BCUT2D eigenvalue weighted by atomic mass is 79.9. The molecule has 1 atom stereocenters. The first-order chi connectivity index (χ1) is 5.83. The summed E-state index contributed by atoms with van der Waals surface area (Å²) in [5.41, 5.74) is 8.34. The third kappa shape index (κ3) is 1.26. The molecular weight excluding hydrogens is 218 g/mol. The number of nitrogens with two attached hydrogens (primary N) is 1. The fraction of sp³-hybridized carbons (Fsp3) is 0.556. The van der Waals surface area contributed by atoms with Crippen molar-refractivity contribution in [2.75, 3.05) is 13.2 Å². The molecule has 0 radical (unpaired) electrons. The van der Waals surface area contributed by atoms with Crippen molar-refractivity contribution in [2.45, 2.75) is 18.9 Å². The van der Waals surface area contributed by atoms with E-state index in [2.05, 4.69) is 22.0 Å². The Morgan fingerprint density at radius 2 is 2.50 bits per heavy atom. The highest BCUT2D eigenvalue weighted by Gasteiger charge is 2.26. The summed E-state index contributed by atoms with van der Waals surface area (Å²) in [5, 5.41) is 0. The minimum atomic E-state index is 0.142. The molecule has 12 heavy (non-hydrogen) atoms. The van der Waals surface area contributed by atoms with E-state index in [9.17, 15) is 0 Å². The normalized spacial score (nSPS) is 28.8. The van der Waals surface area contributed by atoms with E-state index in [1.54, 1.807) is 0 Å². The van der Waals surface area contributed by atoms with Gasteiger partial charge in [-0.15, -0.1) is 0 Å². The molecule has 1 fully saturated rings. The monoisotopic (exact) mass is 229 g/mol. The van der Waals surface area contributed by atoms with E-state index in [4.69, 9.17) is 10.5 Å². The molecule has 1 heterocycles. The van der Waals surface area contributed by atoms with Crippen LogP contribution in [0.2, 0.25) is 0 Å². The molecule has 2 rings (SSSR count). The van der Waals surface area contributed by atoms with Gasteiger partial charge in [-0.1, -0.05) is 22.0 Å². The lowest BCUT2D eigenvalue weighted by molar-refractivity contribution is 0.0731. The average molecular weight is 230 g/mol. The number of hydrogen-bond acceptors (Lipinski definition) is 2. The summed E-state index contributed by atoms with van der Waals surface area (Å²) < 4.78 is 6.86. The lowest BCUT2D eigenvalue weighted by atomic mass is 9.99. The molecule has 2 aliphatic rings. The van der Waals surface area contributed by atoms with Gasteiger partial charge >= 0.3 is 0 Å². The number of halogens is 1. The van der Waals surface area contributed by atoms with Crippen LogP contribution < -0.4 is 5.73 Å². The molecule has 1 unspecified atom stereocenters. The van der Waals surface area contributed by atoms with Crippen LogP contribution in [0, 0.1) is 0 Å². The fourth-order valence-corrected chi connectivity index (χ4v) is 2.39. The average Bonchev–Trinajstić information content (AvgIpc) is 2.48. The Labute approximate surface area is 80.6 Å². The molecule has 66 valence electrons. The maximum atomic E-state index is 5.60. The van der Waals surface area contributed by atoms with Crippen LogP contribution in [0.5, 0.6) is 0 Å². The fourth-order valence-electron chi connectivity index (χ4n) is 1.80. The summed E-state index contributed by atoms with van der Waals surface area (Å²) >= 11 is 3.57. The van der Waals surface area contributed by atoms with Gasteiger partial charge in [0.2, 0.25) is 0 Å². The van der Waals surface area contributed by atoms with Crippen molar-refractivity contribution in [3.05, 3.63) is 21.7 Å². The van der Waals surface area contributed by atoms with Crippen LogP contribution in [0.1, 0.15) is 12.8 Å². The summed E-state index contributed by atoms with van der Waals surface area (Å²) in [6.07, 6.45) is 4.41. The smallest absolute Gasteiger partial charge is 0.0947 e. The molecule has 0 aromatic heterocycles. The van der Waals surface area contributed by atoms with E-state index in [-0.39, 0.29) is 6.10 Å². The van der Waals surface area contributed by atoms with Gasteiger partial charge in [-0.05, 0) is 24.0 Å². The van der Waals surface area contributed by atoms with Gasteiger partial charge in [-0.3, -0.25) is 0 Å². The first kappa shape index (κ1) is 8.48. The van der Waals surface area contributed by atoms with Crippen LogP contribution in [0.4, 0.5) is 0 Å².